The van der Waals surface area contributed by atoms with Crippen LogP contribution in [0.15, 0.2) is 30.3 Å². The van der Waals surface area contributed by atoms with Gasteiger partial charge in [0.05, 0.1) is 24.4 Å². The van der Waals surface area contributed by atoms with Crippen LogP contribution in [0.4, 0.5) is 0 Å². The summed E-state index contributed by atoms with van der Waals surface area (Å²) < 4.78 is 23.6. The zero-order chi connectivity index (χ0) is 17.8. The standard InChI is InChI=1S/C18H26B2O5/c1-2-12-13(8-16(19)23-12)22-10-15-14(9-17(20)24-15)25-18(21)11-6-4-3-5-7-11/h3-7,12-17H,2,8-10,19-20H2,1H3/t12-,13-,14-,15-,16-,17-/m1/s1. The molecule has 2 fully saturated rings. The monoisotopic (exact) mass is 344 g/mol. The molecule has 0 aliphatic carbocycles. The molecule has 2 heterocycles. The van der Waals surface area contributed by atoms with E-state index >= 15 is 0 Å². The summed E-state index contributed by atoms with van der Waals surface area (Å²) in [7, 11) is 4.07. The molecular formula is C18H26B2O5. The lowest BCUT2D eigenvalue weighted by molar-refractivity contribution is -0.0774. The minimum Gasteiger partial charge on any atom is -0.456 e. The number of esters is 1. The van der Waals surface area contributed by atoms with E-state index in [1.165, 1.54) is 0 Å². The molecule has 0 amide bonds. The Balaban J connectivity index is 1.55. The molecule has 0 bridgehead atoms. The van der Waals surface area contributed by atoms with E-state index in [0.29, 0.717) is 18.6 Å². The average molecular weight is 344 g/mol. The summed E-state index contributed by atoms with van der Waals surface area (Å²) in [4.78, 5) is 12.3. The predicted octanol–water partition coefficient (Wildman–Crippen LogP) is 0.503. The molecule has 0 N–H and O–H groups in total. The SMILES string of the molecule is B[C@H]1C[C@@H](OC[C@H]2O[C@@H](B)C[C@H]2OC(=O)c2ccccc2)[C@@H](CC)O1. The lowest BCUT2D eigenvalue weighted by atomic mass is 9.95. The highest BCUT2D eigenvalue weighted by atomic mass is 16.6. The van der Waals surface area contributed by atoms with Crippen molar-refractivity contribution in [2.24, 2.45) is 0 Å². The van der Waals surface area contributed by atoms with Gasteiger partial charge in [-0.15, -0.1) is 0 Å². The van der Waals surface area contributed by atoms with E-state index in [-0.39, 0.29) is 42.4 Å². The molecule has 0 aromatic heterocycles. The Morgan fingerprint density at radius 2 is 1.72 bits per heavy atom. The minimum atomic E-state index is -0.308. The molecule has 0 unspecified atom stereocenters. The molecule has 6 atom stereocenters. The first-order chi connectivity index (χ1) is 12.1. The Labute approximate surface area is 151 Å². The highest BCUT2D eigenvalue weighted by Gasteiger charge is 2.38. The fraction of sp³-hybridized carbons (Fsp3) is 0.611. The molecule has 2 saturated heterocycles. The van der Waals surface area contributed by atoms with Crippen LogP contribution in [0.3, 0.4) is 0 Å². The van der Waals surface area contributed by atoms with Crippen molar-refractivity contribution in [2.75, 3.05) is 6.61 Å². The molecule has 1 aromatic carbocycles. The smallest absolute Gasteiger partial charge is 0.338 e. The highest BCUT2D eigenvalue weighted by Crippen LogP contribution is 2.27. The predicted molar refractivity (Wildman–Crippen MR) is 99.3 cm³/mol. The van der Waals surface area contributed by atoms with E-state index in [2.05, 4.69) is 14.8 Å². The van der Waals surface area contributed by atoms with Crippen LogP contribution in [0.2, 0.25) is 0 Å². The van der Waals surface area contributed by atoms with Gasteiger partial charge in [0.25, 0.3) is 0 Å². The summed E-state index contributed by atoms with van der Waals surface area (Å²) in [5.74, 6) is -0.308. The number of ether oxygens (including phenoxy) is 4. The maximum absolute atomic E-state index is 12.3. The normalized spacial score (nSPS) is 34.9. The largest absolute Gasteiger partial charge is 0.456 e. The van der Waals surface area contributed by atoms with E-state index < -0.39 is 0 Å². The summed E-state index contributed by atoms with van der Waals surface area (Å²) in [5.41, 5.74) is 0.561. The lowest BCUT2D eigenvalue weighted by Crippen LogP contribution is -2.34. The van der Waals surface area contributed by atoms with Crippen molar-refractivity contribution in [3.8, 4) is 0 Å². The van der Waals surface area contributed by atoms with Gasteiger partial charge in [-0.3, -0.25) is 0 Å². The number of carbonyl (C=O) groups excluding carboxylic acids is 1. The summed E-state index contributed by atoms with van der Waals surface area (Å²) >= 11 is 0. The summed E-state index contributed by atoms with van der Waals surface area (Å²) in [6, 6.07) is 9.34. The Morgan fingerprint density at radius 3 is 2.40 bits per heavy atom. The van der Waals surface area contributed by atoms with Crippen molar-refractivity contribution in [1.29, 1.82) is 0 Å². The van der Waals surface area contributed by atoms with E-state index in [0.717, 1.165) is 12.8 Å². The third-order valence-corrected chi connectivity index (χ3v) is 4.92. The number of hydrogen-bond donors (Lipinski definition) is 0. The second-order valence-corrected chi connectivity index (χ2v) is 7.03. The van der Waals surface area contributed by atoms with E-state index in [4.69, 9.17) is 18.9 Å². The van der Waals surface area contributed by atoms with Gasteiger partial charge in [-0.1, -0.05) is 25.1 Å². The molecule has 2 aliphatic rings. The maximum Gasteiger partial charge on any atom is 0.338 e. The van der Waals surface area contributed by atoms with Gasteiger partial charge in [0.1, 0.15) is 27.9 Å². The summed E-state index contributed by atoms with van der Waals surface area (Å²) in [5, 5.41) is 0. The number of benzene rings is 1. The third-order valence-electron chi connectivity index (χ3n) is 4.92. The highest BCUT2D eigenvalue weighted by molar-refractivity contribution is 6.11. The van der Waals surface area contributed by atoms with Crippen LogP contribution in [0.5, 0.6) is 0 Å². The topological polar surface area (TPSA) is 54.0 Å². The maximum atomic E-state index is 12.3. The Hall–Kier alpha value is -1.30. The van der Waals surface area contributed by atoms with Crippen molar-refractivity contribution < 1.29 is 23.7 Å². The molecule has 2 aliphatic heterocycles. The van der Waals surface area contributed by atoms with Crippen molar-refractivity contribution >= 4 is 21.7 Å². The molecule has 1 aromatic rings. The molecule has 5 nitrogen and oxygen atoms in total. The first-order valence-corrected chi connectivity index (χ1v) is 9.25. The lowest BCUT2D eigenvalue weighted by Gasteiger charge is -2.23. The van der Waals surface area contributed by atoms with E-state index in [1.807, 2.05) is 26.0 Å². The second kappa shape index (κ2) is 8.39. The van der Waals surface area contributed by atoms with Crippen LogP contribution in [-0.2, 0) is 18.9 Å². The van der Waals surface area contributed by atoms with Crippen LogP contribution in [0.1, 0.15) is 36.5 Å². The fourth-order valence-electron chi connectivity index (χ4n) is 3.64. The van der Waals surface area contributed by atoms with Crippen molar-refractivity contribution in [2.45, 2.75) is 62.6 Å². The van der Waals surface area contributed by atoms with Gasteiger partial charge in [-0.25, -0.2) is 4.79 Å². The van der Waals surface area contributed by atoms with E-state index in [1.54, 1.807) is 12.1 Å². The second-order valence-electron chi connectivity index (χ2n) is 7.03. The van der Waals surface area contributed by atoms with Crippen LogP contribution in [0.25, 0.3) is 0 Å². The minimum absolute atomic E-state index is 0.0582. The summed E-state index contributed by atoms with van der Waals surface area (Å²) in [6.07, 6.45) is 2.25. The van der Waals surface area contributed by atoms with Gasteiger partial charge in [-0.2, -0.15) is 0 Å². The molecule has 7 heteroatoms. The van der Waals surface area contributed by atoms with Gasteiger partial charge in [0, 0.05) is 18.4 Å². The Kier molecular flexibility index (Phi) is 6.20. The molecule has 0 spiro atoms. The van der Waals surface area contributed by atoms with Gasteiger partial charge >= 0.3 is 5.97 Å². The van der Waals surface area contributed by atoms with Crippen LogP contribution in [0, 0.1) is 0 Å². The van der Waals surface area contributed by atoms with Crippen molar-refractivity contribution in [3.05, 3.63) is 35.9 Å². The van der Waals surface area contributed by atoms with Gasteiger partial charge in [-0.05, 0) is 25.0 Å². The van der Waals surface area contributed by atoms with Crippen LogP contribution in [-0.4, -0.2) is 64.7 Å². The van der Waals surface area contributed by atoms with E-state index in [9.17, 15) is 4.79 Å². The third kappa shape index (κ3) is 4.66. The molecule has 3 rings (SSSR count). The molecule has 25 heavy (non-hydrogen) atoms. The fourth-order valence-corrected chi connectivity index (χ4v) is 3.64. The quantitative estimate of drug-likeness (QED) is 0.556. The van der Waals surface area contributed by atoms with Crippen LogP contribution < -0.4 is 0 Å². The first kappa shape index (κ1) is 18.5. The molecular weight excluding hydrogens is 318 g/mol. The zero-order valence-electron chi connectivity index (χ0n) is 15.2. The Morgan fingerprint density at radius 1 is 1.08 bits per heavy atom. The number of hydrogen-bond acceptors (Lipinski definition) is 5. The van der Waals surface area contributed by atoms with Gasteiger partial charge in [0.15, 0.2) is 0 Å². The number of carbonyl (C=O) groups is 1. The first-order valence-electron chi connectivity index (χ1n) is 9.25. The summed E-state index contributed by atoms with van der Waals surface area (Å²) in [6.45, 7) is 2.53. The zero-order valence-corrected chi connectivity index (χ0v) is 15.2. The molecule has 0 radical (unpaired) electrons. The average Bonchev–Trinajstić information content (AvgIpc) is 3.15. The Bertz CT molecular complexity index is 570. The number of rotatable bonds is 6. The van der Waals surface area contributed by atoms with Gasteiger partial charge in [0.2, 0.25) is 0 Å². The molecule has 0 saturated carbocycles. The van der Waals surface area contributed by atoms with Crippen molar-refractivity contribution in [3.63, 3.8) is 0 Å². The molecule has 134 valence electrons. The van der Waals surface area contributed by atoms with Gasteiger partial charge < -0.3 is 18.9 Å². The van der Waals surface area contributed by atoms with Crippen LogP contribution >= 0.6 is 0 Å². The van der Waals surface area contributed by atoms with Crippen molar-refractivity contribution in [1.82, 2.24) is 0 Å².